The standard InChI is InChI=1S/C15H13ClN2O2S/c16-13-3-1-2-4-14(13)20-9-12(19)10-21-15-7-11(8-17)5-6-18-15/h1-7,12,19H,9-10H2. The van der Waals surface area contributed by atoms with Crippen LogP contribution in [-0.2, 0) is 0 Å². The Kier molecular flexibility index (Phi) is 5.88. The van der Waals surface area contributed by atoms with Gasteiger partial charge < -0.3 is 9.84 Å². The Morgan fingerprint density at radius 1 is 1.38 bits per heavy atom. The number of hydrogen-bond acceptors (Lipinski definition) is 5. The van der Waals surface area contributed by atoms with Crippen LogP contribution in [0.2, 0.25) is 5.02 Å². The number of aliphatic hydroxyl groups excluding tert-OH is 1. The average Bonchev–Trinajstić information content (AvgIpc) is 2.52. The average molecular weight is 321 g/mol. The molecule has 0 amide bonds. The molecule has 0 saturated heterocycles. The minimum Gasteiger partial charge on any atom is -0.489 e. The molecule has 0 radical (unpaired) electrons. The number of rotatable bonds is 6. The van der Waals surface area contributed by atoms with E-state index in [2.05, 4.69) is 11.1 Å². The predicted octanol–water partition coefficient (Wildman–Crippen LogP) is 3.14. The molecule has 0 bridgehead atoms. The molecule has 21 heavy (non-hydrogen) atoms. The van der Waals surface area contributed by atoms with Crippen LogP contribution >= 0.6 is 23.4 Å². The third-order valence-corrected chi connectivity index (χ3v) is 3.94. The third kappa shape index (κ3) is 4.94. The lowest BCUT2D eigenvalue weighted by Crippen LogP contribution is -2.20. The smallest absolute Gasteiger partial charge is 0.138 e. The maximum Gasteiger partial charge on any atom is 0.138 e. The lowest BCUT2D eigenvalue weighted by molar-refractivity contribution is 0.126. The Morgan fingerprint density at radius 2 is 2.19 bits per heavy atom. The Morgan fingerprint density at radius 3 is 2.95 bits per heavy atom. The number of pyridine rings is 1. The van der Waals surface area contributed by atoms with Gasteiger partial charge in [-0.25, -0.2) is 4.98 Å². The molecule has 0 aliphatic rings. The summed E-state index contributed by atoms with van der Waals surface area (Å²) in [6.45, 7) is 0.147. The van der Waals surface area contributed by atoms with E-state index >= 15 is 0 Å². The number of nitriles is 1. The largest absolute Gasteiger partial charge is 0.489 e. The van der Waals surface area contributed by atoms with Crippen molar-refractivity contribution in [1.82, 2.24) is 4.98 Å². The van der Waals surface area contributed by atoms with Gasteiger partial charge >= 0.3 is 0 Å². The van der Waals surface area contributed by atoms with E-state index in [0.29, 0.717) is 27.1 Å². The topological polar surface area (TPSA) is 66.1 Å². The number of para-hydroxylation sites is 1. The molecule has 6 heteroatoms. The van der Waals surface area contributed by atoms with E-state index in [-0.39, 0.29) is 6.61 Å². The molecule has 0 saturated carbocycles. The summed E-state index contributed by atoms with van der Waals surface area (Å²) in [5.74, 6) is 0.972. The second-order valence-corrected chi connectivity index (χ2v) is 5.65. The third-order valence-electron chi connectivity index (χ3n) is 2.56. The number of thioether (sulfide) groups is 1. The fourth-order valence-electron chi connectivity index (χ4n) is 1.54. The molecular weight excluding hydrogens is 308 g/mol. The summed E-state index contributed by atoms with van der Waals surface area (Å²) in [6, 6.07) is 12.5. The zero-order valence-electron chi connectivity index (χ0n) is 11.1. The second kappa shape index (κ2) is 7.89. The lowest BCUT2D eigenvalue weighted by Gasteiger charge is -2.12. The summed E-state index contributed by atoms with van der Waals surface area (Å²) < 4.78 is 5.46. The van der Waals surface area contributed by atoms with Crippen molar-refractivity contribution in [1.29, 1.82) is 5.26 Å². The van der Waals surface area contributed by atoms with Crippen molar-refractivity contribution in [2.45, 2.75) is 11.1 Å². The molecule has 108 valence electrons. The molecule has 2 aromatic rings. The van der Waals surface area contributed by atoms with Crippen molar-refractivity contribution in [3.8, 4) is 11.8 Å². The molecular formula is C15H13ClN2O2S. The van der Waals surface area contributed by atoms with Crippen molar-refractivity contribution in [2.24, 2.45) is 0 Å². The molecule has 1 N–H and O–H groups in total. The molecule has 2 rings (SSSR count). The van der Waals surface area contributed by atoms with E-state index < -0.39 is 6.10 Å². The molecule has 1 aromatic heterocycles. The Labute approximate surface area is 132 Å². The fraction of sp³-hybridized carbons (Fsp3) is 0.200. The van der Waals surface area contributed by atoms with Crippen LogP contribution in [0.15, 0.2) is 47.6 Å². The van der Waals surface area contributed by atoms with Crippen molar-refractivity contribution in [2.75, 3.05) is 12.4 Å². The fourth-order valence-corrected chi connectivity index (χ4v) is 2.53. The molecule has 4 nitrogen and oxygen atoms in total. The summed E-state index contributed by atoms with van der Waals surface area (Å²) in [6.07, 6.45) is 0.923. The van der Waals surface area contributed by atoms with Gasteiger partial charge in [0.15, 0.2) is 0 Å². The number of nitrogens with zero attached hydrogens (tertiary/aromatic N) is 2. The molecule has 0 fully saturated rings. The van der Waals surface area contributed by atoms with Gasteiger partial charge in [-0.3, -0.25) is 0 Å². The van der Waals surface area contributed by atoms with Crippen molar-refractivity contribution >= 4 is 23.4 Å². The van der Waals surface area contributed by atoms with Gasteiger partial charge in [0.1, 0.15) is 12.4 Å². The summed E-state index contributed by atoms with van der Waals surface area (Å²) in [4.78, 5) is 4.13. The van der Waals surface area contributed by atoms with Crippen LogP contribution in [0.1, 0.15) is 5.56 Å². The Bertz CT molecular complexity index is 646. The van der Waals surface area contributed by atoms with Crippen molar-refractivity contribution in [3.05, 3.63) is 53.2 Å². The van der Waals surface area contributed by atoms with Gasteiger partial charge in [0.2, 0.25) is 0 Å². The van der Waals surface area contributed by atoms with Crippen molar-refractivity contribution < 1.29 is 9.84 Å². The summed E-state index contributed by atoms with van der Waals surface area (Å²) in [5.41, 5.74) is 0.550. The van der Waals surface area contributed by atoms with Gasteiger partial charge in [0.25, 0.3) is 0 Å². The first kappa shape index (κ1) is 15.6. The summed E-state index contributed by atoms with van der Waals surface area (Å²) in [5, 5.41) is 19.9. The first-order chi connectivity index (χ1) is 10.2. The van der Waals surface area contributed by atoms with Gasteiger partial charge in [-0.2, -0.15) is 5.26 Å². The van der Waals surface area contributed by atoms with Crippen LogP contribution < -0.4 is 4.74 Å². The van der Waals surface area contributed by atoms with Crippen LogP contribution in [-0.4, -0.2) is 28.6 Å². The SMILES string of the molecule is N#Cc1ccnc(SCC(O)COc2ccccc2Cl)c1. The number of halogens is 1. The molecule has 1 unspecified atom stereocenters. The minimum absolute atomic E-state index is 0.147. The maximum absolute atomic E-state index is 9.91. The van der Waals surface area contributed by atoms with E-state index in [4.69, 9.17) is 21.6 Å². The minimum atomic E-state index is -0.654. The monoisotopic (exact) mass is 320 g/mol. The highest BCUT2D eigenvalue weighted by Crippen LogP contribution is 2.23. The van der Waals surface area contributed by atoms with E-state index in [1.165, 1.54) is 11.8 Å². The van der Waals surface area contributed by atoms with Gasteiger partial charge in [0.05, 0.1) is 27.8 Å². The second-order valence-electron chi connectivity index (χ2n) is 4.20. The van der Waals surface area contributed by atoms with E-state index in [1.807, 2.05) is 12.1 Å². The number of ether oxygens (including phenoxy) is 1. The van der Waals surface area contributed by atoms with Crippen LogP contribution in [0.25, 0.3) is 0 Å². The number of hydrogen-bond donors (Lipinski definition) is 1. The number of aliphatic hydroxyl groups is 1. The number of benzene rings is 1. The Balaban J connectivity index is 1.81. The highest BCUT2D eigenvalue weighted by Gasteiger charge is 2.09. The van der Waals surface area contributed by atoms with E-state index in [9.17, 15) is 5.11 Å². The molecule has 1 atom stereocenters. The molecule has 0 aliphatic carbocycles. The highest BCUT2D eigenvalue weighted by molar-refractivity contribution is 7.99. The Hall–Kier alpha value is -1.74. The van der Waals surface area contributed by atoms with Gasteiger partial charge in [0, 0.05) is 11.9 Å². The van der Waals surface area contributed by atoms with Crippen LogP contribution in [0.5, 0.6) is 5.75 Å². The molecule has 1 heterocycles. The van der Waals surface area contributed by atoms with Gasteiger partial charge in [-0.1, -0.05) is 23.7 Å². The van der Waals surface area contributed by atoms with Crippen molar-refractivity contribution in [3.63, 3.8) is 0 Å². The predicted molar refractivity (Wildman–Crippen MR) is 82.6 cm³/mol. The van der Waals surface area contributed by atoms with Crippen LogP contribution in [0, 0.1) is 11.3 Å². The highest BCUT2D eigenvalue weighted by atomic mass is 35.5. The van der Waals surface area contributed by atoms with Gasteiger partial charge in [-0.15, -0.1) is 11.8 Å². The maximum atomic E-state index is 9.91. The summed E-state index contributed by atoms with van der Waals surface area (Å²) in [7, 11) is 0. The number of aromatic nitrogens is 1. The van der Waals surface area contributed by atoms with Crippen LogP contribution in [0.3, 0.4) is 0 Å². The normalized spacial score (nSPS) is 11.7. The lowest BCUT2D eigenvalue weighted by atomic mass is 10.3. The quantitative estimate of drug-likeness (QED) is 0.828. The molecule has 0 aliphatic heterocycles. The molecule has 1 aromatic carbocycles. The van der Waals surface area contributed by atoms with E-state index in [1.54, 1.807) is 30.5 Å². The van der Waals surface area contributed by atoms with Crippen LogP contribution in [0.4, 0.5) is 0 Å². The van der Waals surface area contributed by atoms with E-state index in [0.717, 1.165) is 0 Å². The van der Waals surface area contributed by atoms with Gasteiger partial charge in [-0.05, 0) is 24.3 Å². The first-order valence-electron chi connectivity index (χ1n) is 6.23. The summed E-state index contributed by atoms with van der Waals surface area (Å²) >= 11 is 7.33. The zero-order valence-corrected chi connectivity index (χ0v) is 12.6. The molecule has 0 spiro atoms. The zero-order chi connectivity index (χ0) is 15.1. The first-order valence-corrected chi connectivity index (χ1v) is 7.59.